The van der Waals surface area contributed by atoms with Crippen LogP contribution in [0.2, 0.25) is 0 Å². The maximum atomic E-state index is 10.1. The minimum Gasteiger partial charge on any atom is -0.378 e. The Morgan fingerprint density at radius 1 is 1.78 bits per heavy atom. The van der Waals surface area contributed by atoms with Crippen molar-refractivity contribution in [3.05, 3.63) is 0 Å². The molecule has 0 aromatic carbocycles. The zero-order chi connectivity index (χ0) is 7.28. The van der Waals surface area contributed by atoms with Crippen LogP contribution in [0.1, 0.15) is 13.8 Å². The molecule has 0 aliphatic rings. The lowest BCUT2D eigenvalue weighted by atomic mass is 10.5. The van der Waals surface area contributed by atoms with E-state index in [1.165, 1.54) is 0 Å². The lowest BCUT2D eigenvalue weighted by molar-refractivity contribution is 0.0917. The Labute approximate surface area is 57.7 Å². The summed E-state index contributed by atoms with van der Waals surface area (Å²) in [4.78, 5) is 0. The second kappa shape index (κ2) is 4.90. The first-order valence-corrected chi connectivity index (χ1v) is 4.13. The van der Waals surface area contributed by atoms with E-state index in [1.54, 1.807) is 6.92 Å². The van der Waals surface area contributed by atoms with Gasteiger partial charge in [0.1, 0.15) is 0 Å². The molecule has 0 spiro atoms. The van der Waals surface area contributed by atoms with Gasteiger partial charge in [-0.3, -0.25) is 0 Å². The highest BCUT2D eigenvalue weighted by atomic mass is 32.2. The summed E-state index contributed by atoms with van der Waals surface area (Å²) in [5.74, 6) is 0.202. The Kier molecular flexibility index (Phi) is 4.94. The van der Waals surface area contributed by atoms with Gasteiger partial charge in [-0.15, -0.1) is 0 Å². The lowest BCUT2D eigenvalue weighted by Crippen LogP contribution is -2.16. The van der Waals surface area contributed by atoms with Crippen molar-refractivity contribution in [3.63, 3.8) is 0 Å². The van der Waals surface area contributed by atoms with Gasteiger partial charge in [0.2, 0.25) is 0 Å². The Hall–Kier alpha value is 0.0700. The fraction of sp³-hybridized carbons (Fsp3) is 1.00. The molecule has 0 saturated carbocycles. The molecule has 2 atom stereocenters. The van der Waals surface area contributed by atoms with Crippen molar-refractivity contribution in [1.82, 2.24) is 0 Å². The van der Waals surface area contributed by atoms with Crippen LogP contribution in [0.4, 0.5) is 0 Å². The number of hydrogen-bond donors (Lipinski definition) is 1. The fourth-order valence-electron chi connectivity index (χ4n) is 0.533. The summed E-state index contributed by atoms with van der Waals surface area (Å²) in [7, 11) is 0. The highest BCUT2D eigenvalue weighted by Crippen LogP contribution is 1.91. The summed E-state index contributed by atoms with van der Waals surface area (Å²) in [6.45, 7) is 4.23. The zero-order valence-corrected chi connectivity index (χ0v) is 6.48. The molecule has 0 saturated heterocycles. The van der Waals surface area contributed by atoms with E-state index in [-0.39, 0.29) is 11.9 Å². The number of rotatable bonds is 4. The van der Waals surface area contributed by atoms with E-state index in [2.05, 4.69) is 0 Å². The van der Waals surface area contributed by atoms with E-state index >= 15 is 0 Å². The van der Waals surface area contributed by atoms with Crippen LogP contribution in [-0.4, -0.2) is 27.2 Å². The van der Waals surface area contributed by atoms with Crippen LogP contribution in [0, 0.1) is 0 Å². The van der Waals surface area contributed by atoms with Crippen molar-refractivity contribution in [2.45, 2.75) is 20.0 Å². The molecule has 2 unspecified atom stereocenters. The molecule has 9 heavy (non-hydrogen) atoms. The third-order valence-electron chi connectivity index (χ3n) is 0.828. The van der Waals surface area contributed by atoms with Gasteiger partial charge in [0.15, 0.2) is 11.1 Å². The highest BCUT2D eigenvalue weighted by molar-refractivity contribution is 7.79. The fourth-order valence-corrected chi connectivity index (χ4v) is 1.03. The molecule has 0 aromatic rings. The first-order chi connectivity index (χ1) is 4.16. The van der Waals surface area contributed by atoms with E-state index < -0.39 is 11.1 Å². The third-order valence-corrected chi connectivity index (χ3v) is 1.58. The van der Waals surface area contributed by atoms with Gasteiger partial charge in [0.05, 0.1) is 11.9 Å². The molecule has 0 rings (SSSR count). The predicted molar refractivity (Wildman–Crippen MR) is 36.7 cm³/mol. The molecule has 0 aromatic heterocycles. The maximum Gasteiger partial charge on any atom is 0.155 e. The third kappa shape index (κ3) is 5.95. The molecular weight excluding hydrogens is 140 g/mol. The average Bonchev–Trinajstić information content (AvgIpc) is 1.63. The Balaban J connectivity index is 3.26. The van der Waals surface area contributed by atoms with Crippen molar-refractivity contribution in [2.24, 2.45) is 0 Å². The summed E-state index contributed by atoms with van der Waals surface area (Å²) in [5.41, 5.74) is 0. The first-order valence-electron chi connectivity index (χ1n) is 2.85. The molecule has 0 aliphatic heterocycles. The molecule has 4 heteroatoms. The molecule has 3 nitrogen and oxygen atoms in total. The topological polar surface area (TPSA) is 46.5 Å². The van der Waals surface area contributed by atoms with Crippen molar-refractivity contribution in [1.29, 1.82) is 0 Å². The van der Waals surface area contributed by atoms with Crippen LogP contribution in [0.5, 0.6) is 0 Å². The van der Waals surface area contributed by atoms with Gasteiger partial charge >= 0.3 is 0 Å². The van der Waals surface area contributed by atoms with Crippen LogP contribution in [0.3, 0.4) is 0 Å². The van der Waals surface area contributed by atoms with E-state index in [9.17, 15) is 4.21 Å². The molecule has 0 bridgehead atoms. The van der Waals surface area contributed by atoms with Crippen LogP contribution in [0.25, 0.3) is 0 Å². The van der Waals surface area contributed by atoms with Crippen molar-refractivity contribution < 1.29 is 13.5 Å². The number of hydrogen-bond acceptors (Lipinski definition) is 2. The van der Waals surface area contributed by atoms with E-state index in [0.29, 0.717) is 6.61 Å². The standard InChI is InChI=1S/C5H12O3S/c1-3-8-5(2)4-9(6)7/h5H,3-4H2,1-2H3,(H,6,7). The van der Waals surface area contributed by atoms with Gasteiger partial charge in [-0.2, -0.15) is 0 Å². The van der Waals surface area contributed by atoms with Crippen LogP contribution < -0.4 is 0 Å². The summed E-state index contributed by atoms with van der Waals surface area (Å²) in [6, 6.07) is 0. The molecule has 0 heterocycles. The quantitative estimate of drug-likeness (QED) is 0.601. The van der Waals surface area contributed by atoms with E-state index in [4.69, 9.17) is 9.29 Å². The van der Waals surface area contributed by atoms with E-state index in [0.717, 1.165) is 0 Å². The molecule has 0 aliphatic carbocycles. The van der Waals surface area contributed by atoms with Gasteiger partial charge < -0.3 is 9.29 Å². The molecule has 0 fully saturated rings. The second-order valence-electron chi connectivity index (χ2n) is 1.75. The van der Waals surface area contributed by atoms with Crippen molar-refractivity contribution in [2.75, 3.05) is 12.4 Å². The zero-order valence-electron chi connectivity index (χ0n) is 5.66. The van der Waals surface area contributed by atoms with Gasteiger partial charge in [-0.05, 0) is 13.8 Å². The average molecular weight is 152 g/mol. The van der Waals surface area contributed by atoms with Crippen molar-refractivity contribution >= 4 is 11.1 Å². The van der Waals surface area contributed by atoms with Crippen LogP contribution in [0.15, 0.2) is 0 Å². The maximum absolute atomic E-state index is 10.1. The largest absolute Gasteiger partial charge is 0.378 e. The molecule has 0 radical (unpaired) electrons. The minimum atomic E-state index is -1.72. The van der Waals surface area contributed by atoms with Gasteiger partial charge in [0.25, 0.3) is 0 Å². The Morgan fingerprint density at radius 3 is 2.67 bits per heavy atom. The SMILES string of the molecule is CCOC(C)CS(=O)O. The summed E-state index contributed by atoms with van der Waals surface area (Å²) >= 11 is -1.72. The normalized spacial score (nSPS) is 17.2. The van der Waals surface area contributed by atoms with Crippen LogP contribution in [-0.2, 0) is 15.8 Å². The monoisotopic (exact) mass is 152 g/mol. The molecule has 1 N–H and O–H groups in total. The predicted octanol–water partition coefficient (Wildman–Crippen LogP) is 0.633. The molecular formula is C5H12O3S. The van der Waals surface area contributed by atoms with E-state index in [1.807, 2.05) is 6.92 Å². The van der Waals surface area contributed by atoms with Gasteiger partial charge in [-0.1, -0.05) is 0 Å². The second-order valence-corrected chi connectivity index (χ2v) is 2.73. The summed E-state index contributed by atoms with van der Waals surface area (Å²) in [5, 5.41) is 0. The van der Waals surface area contributed by atoms with Gasteiger partial charge in [0, 0.05) is 6.61 Å². The highest BCUT2D eigenvalue weighted by Gasteiger charge is 2.03. The minimum absolute atomic E-state index is 0.110. The Morgan fingerprint density at radius 2 is 2.33 bits per heavy atom. The van der Waals surface area contributed by atoms with Crippen LogP contribution >= 0.6 is 0 Å². The van der Waals surface area contributed by atoms with Crippen molar-refractivity contribution in [3.8, 4) is 0 Å². The van der Waals surface area contributed by atoms with Gasteiger partial charge in [-0.25, -0.2) is 4.21 Å². The first kappa shape index (κ1) is 9.07. The lowest BCUT2D eigenvalue weighted by Gasteiger charge is -2.06. The molecule has 0 amide bonds. The summed E-state index contributed by atoms with van der Waals surface area (Å²) in [6.07, 6.45) is -0.110. The number of ether oxygens (including phenoxy) is 1. The Bertz CT molecular complexity index is 94.2. The smallest absolute Gasteiger partial charge is 0.155 e. The molecule has 56 valence electrons. The summed E-state index contributed by atoms with van der Waals surface area (Å²) < 4.78 is 23.5.